The van der Waals surface area contributed by atoms with Crippen LogP contribution < -0.4 is 0 Å². The van der Waals surface area contributed by atoms with Crippen LogP contribution in [0.15, 0.2) is 48.5 Å². The van der Waals surface area contributed by atoms with Gasteiger partial charge in [0.05, 0.1) is 6.61 Å². The van der Waals surface area contributed by atoms with Crippen molar-refractivity contribution in [1.82, 2.24) is 0 Å². The van der Waals surface area contributed by atoms with Gasteiger partial charge in [0.15, 0.2) is 0 Å². The molecule has 0 aliphatic carbocycles. The van der Waals surface area contributed by atoms with Crippen LogP contribution in [0.25, 0.3) is 0 Å². The molecule has 0 bridgehead atoms. The second-order valence-corrected chi connectivity index (χ2v) is 14.6. The molecule has 0 amide bonds. The van der Waals surface area contributed by atoms with E-state index >= 15 is 0 Å². The Bertz CT molecular complexity index is 944. The minimum absolute atomic E-state index is 0.416. The highest BCUT2D eigenvalue weighted by molar-refractivity contribution is 7.32. The maximum Gasteiger partial charge on any atom is 0.316 e. The molecule has 1 N–H and O–H groups in total. The van der Waals surface area contributed by atoms with E-state index in [0.29, 0.717) is 12.5 Å². The predicted molar refractivity (Wildman–Crippen MR) is 201 cm³/mol. The number of hydrogen-bond acceptors (Lipinski definition) is 2. The van der Waals surface area contributed by atoms with Gasteiger partial charge in [0.25, 0.3) is 0 Å². The van der Waals surface area contributed by atoms with Gasteiger partial charge in [0.2, 0.25) is 0 Å². The Morgan fingerprint density at radius 3 is 1.33 bits per heavy atom. The van der Waals surface area contributed by atoms with E-state index in [9.17, 15) is 4.57 Å². The molecule has 0 aliphatic rings. The Hall–Kier alpha value is -1.41. The van der Waals surface area contributed by atoms with E-state index in [0.717, 1.165) is 12.8 Å². The third-order valence-corrected chi connectivity index (χ3v) is 10.3. The van der Waals surface area contributed by atoms with Gasteiger partial charge in [-0.3, -0.25) is 4.57 Å². The van der Waals surface area contributed by atoms with E-state index < -0.39 is 8.25 Å². The summed E-state index contributed by atoms with van der Waals surface area (Å²) in [5.74, 6) is 0.499. The highest BCUT2D eigenvalue weighted by atomic mass is 31.1. The first-order chi connectivity index (χ1) is 22.7. The molecule has 0 aromatic heterocycles. The normalized spacial score (nSPS) is 12.3. The van der Waals surface area contributed by atoms with Crippen LogP contribution in [0.1, 0.15) is 196 Å². The summed E-state index contributed by atoms with van der Waals surface area (Å²) in [7, 11) is -2.76. The maximum absolute atomic E-state index is 10.6. The average molecular weight is 655 g/mol. The van der Waals surface area contributed by atoms with E-state index in [2.05, 4.69) is 62.4 Å². The zero-order valence-electron chi connectivity index (χ0n) is 30.1. The molecule has 0 spiro atoms. The van der Waals surface area contributed by atoms with Gasteiger partial charge in [-0.15, -0.1) is 0 Å². The van der Waals surface area contributed by atoms with Crippen molar-refractivity contribution in [2.45, 2.75) is 187 Å². The van der Waals surface area contributed by atoms with Crippen LogP contribution in [0.2, 0.25) is 0 Å². The Morgan fingerprint density at radius 2 is 0.891 bits per heavy atom. The number of rotatable bonds is 31. The molecule has 0 saturated carbocycles. The summed E-state index contributed by atoms with van der Waals surface area (Å²) >= 11 is 0. The summed E-state index contributed by atoms with van der Waals surface area (Å²) in [6.45, 7) is 5.02. The Morgan fingerprint density at radius 1 is 0.522 bits per heavy atom. The van der Waals surface area contributed by atoms with Crippen LogP contribution in [-0.2, 0) is 21.9 Å². The number of aryl methyl sites for hydroxylation is 2. The van der Waals surface area contributed by atoms with Crippen molar-refractivity contribution in [1.29, 1.82) is 0 Å². The van der Waals surface area contributed by atoms with Gasteiger partial charge in [0, 0.05) is 5.92 Å². The summed E-state index contributed by atoms with van der Waals surface area (Å²) in [4.78, 5) is 8.76. The van der Waals surface area contributed by atoms with Gasteiger partial charge < -0.3 is 9.42 Å². The highest BCUT2D eigenvalue weighted by Crippen LogP contribution is 2.36. The SMILES string of the molecule is CCCCCCCCCc1ccccc1C(CCCCCCCCCCCO[PH](=O)O)c1ccccc1CCCCCCCCC. The van der Waals surface area contributed by atoms with Gasteiger partial charge in [0.1, 0.15) is 0 Å². The number of hydrogen-bond donors (Lipinski definition) is 1. The molecule has 2 rings (SSSR count). The molecule has 0 heterocycles. The molecule has 4 heteroatoms. The monoisotopic (exact) mass is 655 g/mol. The van der Waals surface area contributed by atoms with Crippen LogP contribution in [0.5, 0.6) is 0 Å². The first kappa shape index (κ1) is 40.8. The number of benzene rings is 2. The van der Waals surface area contributed by atoms with Gasteiger partial charge in [-0.25, -0.2) is 0 Å². The van der Waals surface area contributed by atoms with Crippen molar-refractivity contribution in [3.63, 3.8) is 0 Å². The molecular formula is C42H71O3P. The standard InChI is InChI=1S/C42H71O3P/c1-3-5-7-9-14-18-22-30-38-32-25-27-34-40(38)42(36-24-20-16-12-11-13-17-21-29-37-45-46(43)44)41-35-28-26-33-39(41)31-23-19-15-10-8-6-4-2/h25-28,32-35,42,46H,3-24,29-31,36-37H2,1-2H3,(H,43,44). The predicted octanol–water partition coefficient (Wildman–Crippen LogP) is 13.7. The van der Waals surface area contributed by atoms with Crippen LogP contribution in [0.4, 0.5) is 0 Å². The van der Waals surface area contributed by atoms with Gasteiger partial charge in [-0.05, 0) is 60.8 Å². The lowest BCUT2D eigenvalue weighted by Gasteiger charge is -2.24. The summed E-state index contributed by atoms with van der Waals surface area (Å²) in [5, 5.41) is 0. The second kappa shape index (κ2) is 28.6. The molecule has 46 heavy (non-hydrogen) atoms. The number of unbranched alkanes of at least 4 members (excludes halogenated alkanes) is 20. The Balaban J connectivity index is 1.96. The molecule has 2 aromatic rings. The van der Waals surface area contributed by atoms with Crippen molar-refractivity contribution < 1.29 is 14.0 Å². The lowest BCUT2D eigenvalue weighted by Crippen LogP contribution is -2.08. The molecule has 0 saturated heterocycles. The van der Waals surface area contributed by atoms with Gasteiger partial charge in [-0.1, -0.05) is 191 Å². The van der Waals surface area contributed by atoms with Gasteiger partial charge >= 0.3 is 8.25 Å². The minimum atomic E-state index is -2.76. The fourth-order valence-electron chi connectivity index (χ4n) is 7.07. The highest BCUT2D eigenvalue weighted by Gasteiger charge is 2.20. The fraction of sp³-hybridized carbons (Fsp3) is 0.714. The molecule has 1 unspecified atom stereocenters. The van der Waals surface area contributed by atoms with Crippen molar-refractivity contribution >= 4 is 8.25 Å². The summed E-state index contributed by atoms with van der Waals surface area (Å²) < 4.78 is 15.4. The zero-order valence-corrected chi connectivity index (χ0v) is 31.1. The minimum Gasteiger partial charge on any atom is -0.326 e. The van der Waals surface area contributed by atoms with Crippen molar-refractivity contribution in [3.05, 3.63) is 70.8 Å². The lowest BCUT2D eigenvalue weighted by atomic mass is 9.80. The first-order valence-corrected chi connectivity index (χ1v) is 20.9. The second-order valence-electron chi connectivity index (χ2n) is 13.8. The lowest BCUT2D eigenvalue weighted by molar-refractivity contribution is 0.273. The fourth-order valence-corrected chi connectivity index (χ4v) is 7.39. The molecule has 0 aliphatic heterocycles. The average Bonchev–Trinajstić information content (AvgIpc) is 3.06. The smallest absolute Gasteiger partial charge is 0.316 e. The van der Waals surface area contributed by atoms with Crippen LogP contribution in [0.3, 0.4) is 0 Å². The third-order valence-electron chi connectivity index (χ3n) is 9.82. The molecule has 262 valence electrons. The molecule has 0 radical (unpaired) electrons. The van der Waals surface area contributed by atoms with E-state index in [1.165, 1.54) is 154 Å². The molecular weight excluding hydrogens is 583 g/mol. The molecule has 3 nitrogen and oxygen atoms in total. The Kier molecular flexibility index (Phi) is 25.3. The summed E-state index contributed by atoms with van der Waals surface area (Å²) in [5.41, 5.74) is 6.36. The van der Waals surface area contributed by atoms with Crippen molar-refractivity contribution in [3.8, 4) is 0 Å². The molecule has 2 aromatic carbocycles. The van der Waals surface area contributed by atoms with E-state index in [4.69, 9.17) is 9.42 Å². The summed E-state index contributed by atoms with van der Waals surface area (Å²) in [6.07, 6.45) is 33.8. The van der Waals surface area contributed by atoms with Gasteiger partial charge in [-0.2, -0.15) is 0 Å². The summed E-state index contributed by atoms with van der Waals surface area (Å²) in [6, 6.07) is 18.9. The first-order valence-electron chi connectivity index (χ1n) is 19.7. The quantitative estimate of drug-likeness (QED) is 0.0650. The van der Waals surface area contributed by atoms with Crippen LogP contribution >= 0.6 is 8.25 Å². The van der Waals surface area contributed by atoms with E-state index in [1.54, 1.807) is 22.3 Å². The van der Waals surface area contributed by atoms with Crippen molar-refractivity contribution in [2.24, 2.45) is 0 Å². The molecule has 0 fully saturated rings. The molecule has 1 atom stereocenters. The van der Waals surface area contributed by atoms with E-state index in [-0.39, 0.29) is 0 Å². The third kappa shape index (κ3) is 19.4. The zero-order chi connectivity index (χ0) is 32.9. The topological polar surface area (TPSA) is 46.5 Å². The van der Waals surface area contributed by atoms with E-state index in [1.807, 2.05) is 0 Å². The Labute approximate surface area is 285 Å². The maximum atomic E-state index is 10.6. The van der Waals surface area contributed by atoms with Crippen molar-refractivity contribution in [2.75, 3.05) is 6.61 Å². The van der Waals surface area contributed by atoms with Crippen LogP contribution in [0, 0.1) is 0 Å². The van der Waals surface area contributed by atoms with Crippen LogP contribution in [-0.4, -0.2) is 11.5 Å². The largest absolute Gasteiger partial charge is 0.326 e.